The van der Waals surface area contributed by atoms with E-state index in [2.05, 4.69) is 15.3 Å². The van der Waals surface area contributed by atoms with Crippen LogP contribution in [0.25, 0.3) is 0 Å². The predicted molar refractivity (Wildman–Crippen MR) is 151 cm³/mol. The minimum absolute atomic E-state index is 0.0411. The number of nitrogens with zero attached hydrogens (tertiary/aromatic N) is 2. The highest BCUT2D eigenvalue weighted by Gasteiger charge is 2.23. The number of benzene rings is 3. The lowest BCUT2D eigenvalue weighted by atomic mass is 10.0. The first-order chi connectivity index (χ1) is 18.7. The van der Waals surface area contributed by atoms with Crippen molar-refractivity contribution in [3.8, 4) is 5.75 Å². The Labute approximate surface area is 227 Å². The van der Waals surface area contributed by atoms with Crippen LogP contribution in [-0.4, -0.2) is 42.5 Å². The monoisotopic (exact) mass is 528 g/mol. The fourth-order valence-electron chi connectivity index (χ4n) is 3.79. The van der Waals surface area contributed by atoms with Gasteiger partial charge in [0.1, 0.15) is 17.5 Å². The Hall–Kier alpha value is -4.99. The van der Waals surface area contributed by atoms with Gasteiger partial charge in [-0.2, -0.15) is 0 Å². The Balaban J connectivity index is 1.75. The highest BCUT2D eigenvalue weighted by Crippen LogP contribution is 2.15. The van der Waals surface area contributed by atoms with E-state index in [4.69, 9.17) is 21.9 Å². The van der Waals surface area contributed by atoms with E-state index in [0.29, 0.717) is 17.9 Å². The largest absolute Gasteiger partial charge is 0.497 e. The Bertz CT molecular complexity index is 1330. The maximum atomic E-state index is 13.2. The van der Waals surface area contributed by atoms with Crippen molar-refractivity contribution in [3.63, 3.8) is 0 Å². The number of methoxy groups -OCH3 is 1. The molecule has 0 saturated carbocycles. The summed E-state index contributed by atoms with van der Waals surface area (Å²) >= 11 is 0. The molecule has 3 aromatic rings. The van der Waals surface area contributed by atoms with Gasteiger partial charge in [-0.3, -0.25) is 14.4 Å². The molecule has 0 radical (unpaired) electrons. The lowest BCUT2D eigenvalue weighted by molar-refractivity contribution is -0.127. The third kappa shape index (κ3) is 9.43. The number of carbonyl (C=O) groups is 3. The molecule has 0 heterocycles. The number of amides is 3. The summed E-state index contributed by atoms with van der Waals surface area (Å²) in [6.07, 6.45) is 0.829. The second-order valence-electron chi connectivity index (χ2n) is 8.80. The Morgan fingerprint density at radius 2 is 1.49 bits per heavy atom. The van der Waals surface area contributed by atoms with Gasteiger partial charge < -0.3 is 27.3 Å². The molecule has 39 heavy (non-hydrogen) atoms. The fraction of sp³-hybridized carbons (Fsp3) is 0.207. The van der Waals surface area contributed by atoms with Gasteiger partial charge in [-0.05, 0) is 47.4 Å². The third-order valence-electron chi connectivity index (χ3n) is 5.81. The van der Waals surface area contributed by atoms with Crippen LogP contribution in [0.3, 0.4) is 0 Å². The van der Waals surface area contributed by atoms with E-state index in [1.165, 1.54) is 0 Å². The summed E-state index contributed by atoms with van der Waals surface area (Å²) in [5, 5.41) is 2.78. The number of primary amides is 1. The zero-order valence-electron chi connectivity index (χ0n) is 21.7. The van der Waals surface area contributed by atoms with E-state index in [0.717, 1.165) is 16.7 Å². The molecule has 0 spiro atoms. The van der Waals surface area contributed by atoms with Crippen LogP contribution < -0.4 is 27.3 Å². The molecule has 0 aliphatic carbocycles. The van der Waals surface area contributed by atoms with E-state index >= 15 is 0 Å². The van der Waals surface area contributed by atoms with Gasteiger partial charge in [0.2, 0.25) is 5.91 Å². The fourth-order valence-corrected chi connectivity index (χ4v) is 3.79. The van der Waals surface area contributed by atoms with Crippen molar-refractivity contribution in [1.82, 2.24) is 5.32 Å². The average molecular weight is 529 g/mol. The normalized spacial score (nSPS) is 11.8. The lowest BCUT2D eigenvalue weighted by Gasteiger charge is -2.17. The summed E-state index contributed by atoms with van der Waals surface area (Å²) in [7, 11) is 1.56. The molecular weight excluding hydrogens is 496 g/mol. The number of ether oxygens (including phenoxy) is 1. The molecule has 3 amide bonds. The summed E-state index contributed by atoms with van der Waals surface area (Å²) in [6, 6.07) is 22.3. The summed E-state index contributed by atoms with van der Waals surface area (Å²) in [6.45, 7) is 0. The maximum Gasteiger partial charge on any atom is 0.268 e. The van der Waals surface area contributed by atoms with Crippen molar-refractivity contribution in [2.75, 3.05) is 7.11 Å². The van der Waals surface area contributed by atoms with Crippen molar-refractivity contribution in [1.29, 1.82) is 0 Å². The summed E-state index contributed by atoms with van der Waals surface area (Å²) in [5.74, 6) is -1.18. The van der Waals surface area contributed by atoms with Gasteiger partial charge in [-0.1, -0.05) is 54.6 Å². The molecule has 0 fully saturated rings. The molecule has 0 aromatic heterocycles. The van der Waals surface area contributed by atoms with E-state index in [-0.39, 0.29) is 36.8 Å². The van der Waals surface area contributed by atoms with Gasteiger partial charge in [-0.25, -0.2) is 9.98 Å². The Morgan fingerprint density at radius 1 is 0.846 bits per heavy atom. The van der Waals surface area contributed by atoms with Crippen LogP contribution in [0.5, 0.6) is 5.75 Å². The average Bonchev–Trinajstić information content (AvgIpc) is 2.92. The van der Waals surface area contributed by atoms with Crippen LogP contribution in [0, 0.1) is 0 Å². The minimum atomic E-state index is -1.000. The number of hydrogen-bond acceptors (Lipinski definition) is 5. The molecular formula is C29H32N6O4. The van der Waals surface area contributed by atoms with Crippen molar-refractivity contribution < 1.29 is 19.1 Å². The first-order valence-electron chi connectivity index (χ1n) is 12.3. The van der Waals surface area contributed by atoms with Crippen LogP contribution in [-0.2, 0) is 33.6 Å². The van der Waals surface area contributed by atoms with Crippen molar-refractivity contribution in [2.45, 2.75) is 31.7 Å². The van der Waals surface area contributed by atoms with Crippen LogP contribution in [0.1, 0.15) is 23.1 Å². The topological polar surface area (TPSA) is 175 Å². The molecule has 7 N–H and O–H groups in total. The third-order valence-corrected chi connectivity index (χ3v) is 5.81. The molecule has 3 rings (SSSR count). The lowest BCUT2D eigenvalue weighted by Crippen LogP contribution is -2.42. The quantitative estimate of drug-likeness (QED) is 0.206. The maximum absolute atomic E-state index is 13.2. The van der Waals surface area contributed by atoms with Gasteiger partial charge in [0.05, 0.1) is 12.8 Å². The highest BCUT2D eigenvalue weighted by atomic mass is 16.5. The van der Waals surface area contributed by atoms with Gasteiger partial charge in [0.25, 0.3) is 11.8 Å². The van der Waals surface area contributed by atoms with Crippen molar-refractivity contribution >= 4 is 35.1 Å². The van der Waals surface area contributed by atoms with Gasteiger partial charge in [-0.15, -0.1) is 0 Å². The number of nitrogens with two attached hydrogens (primary N) is 3. The molecule has 0 bridgehead atoms. The summed E-state index contributed by atoms with van der Waals surface area (Å²) in [4.78, 5) is 46.2. The van der Waals surface area contributed by atoms with E-state index in [1.807, 2.05) is 42.5 Å². The predicted octanol–water partition coefficient (Wildman–Crippen LogP) is 1.96. The minimum Gasteiger partial charge on any atom is -0.497 e. The number of carbonyl (C=O) groups excluding carboxylic acids is 3. The number of guanidine groups is 1. The molecule has 0 unspecified atom stereocenters. The van der Waals surface area contributed by atoms with Crippen LogP contribution in [0.4, 0.5) is 5.69 Å². The first-order valence-corrected chi connectivity index (χ1v) is 12.3. The molecule has 202 valence electrons. The van der Waals surface area contributed by atoms with Gasteiger partial charge >= 0.3 is 0 Å². The number of aryl methyl sites for hydroxylation is 1. The van der Waals surface area contributed by atoms with E-state index in [9.17, 15) is 14.4 Å². The van der Waals surface area contributed by atoms with E-state index < -0.39 is 17.9 Å². The SMILES string of the molecule is COc1ccc(C[C@H](NC(=O)CCc2ccc(N=C(N)N)cc2)C(=O)N=C(Cc2ccccc2)C(N)=O)cc1. The molecule has 10 nitrogen and oxygen atoms in total. The number of aliphatic imine (C=N–C) groups is 2. The molecule has 0 aliphatic rings. The van der Waals surface area contributed by atoms with Crippen molar-refractivity contribution in [2.24, 2.45) is 27.2 Å². The molecule has 0 saturated heterocycles. The van der Waals surface area contributed by atoms with Crippen LogP contribution in [0.15, 0.2) is 88.8 Å². The zero-order chi connectivity index (χ0) is 28.2. The van der Waals surface area contributed by atoms with E-state index in [1.54, 1.807) is 43.5 Å². The van der Waals surface area contributed by atoms with Gasteiger partial charge in [0.15, 0.2) is 5.96 Å². The second-order valence-corrected chi connectivity index (χ2v) is 8.80. The first kappa shape index (κ1) is 28.6. The molecule has 0 aliphatic heterocycles. The Kier molecular flexibility index (Phi) is 10.3. The molecule has 10 heteroatoms. The number of hydrogen-bond donors (Lipinski definition) is 4. The van der Waals surface area contributed by atoms with Crippen LogP contribution >= 0.6 is 0 Å². The van der Waals surface area contributed by atoms with Crippen molar-refractivity contribution in [3.05, 3.63) is 95.6 Å². The standard InChI is InChI=1S/C29H32N6O4/c1-39-23-14-9-21(10-15-23)18-25(28(38)35-24(27(30)37)17-20-5-3-2-4-6-20)34-26(36)16-11-19-7-12-22(13-8-19)33-29(31)32/h2-10,12-15,25H,11,16-18H2,1H3,(H2,30,37)(H,34,36)(H4,31,32,33)/t25-/m0/s1. The molecule has 3 aromatic carbocycles. The summed E-state index contributed by atoms with van der Waals surface area (Å²) in [5.41, 5.74) is 19.3. The summed E-state index contributed by atoms with van der Waals surface area (Å²) < 4.78 is 5.19. The van der Waals surface area contributed by atoms with Gasteiger partial charge in [0, 0.05) is 19.3 Å². The molecule has 1 atom stereocenters. The zero-order valence-corrected chi connectivity index (χ0v) is 21.7. The smallest absolute Gasteiger partial charge is 0.268 e. The van der Waals surface area contributed by atoms with Crippen LogP contribution in [0.2, 0.25) is 0 Å². The second kappa shape index (κ2) is 14.1. The highest BCUT2D eigenvalue weighted by molar-refractivity contribution is 6.40. The number of rotatable bonds is 12. The Morgan fingerprint density at radius 3 is 2.08 bits per heavy atom. The number of nitrogens with one attached hydrogen (secondary N) is 1.